The number of hydrogen-bond acceptors (Lipinski definition) is 2. The molecule has 1 unspecified atom stereocenters. The Kier molecular flexibility index (Phi) is 4.01. The average molecular weight is 133 g/mol. The summed E-state index contributed by atoms with van der Waals surface area (Å²) in [4.78, 5) is 0. The van der Waals surface area contributed by atoms with E-state index in [2.05, 4.69) is 5.16 Å². The Morgan fingerprint density at radius 1 is 1.78 bits per heavy atom. The highest BCUT2D eigenvalue weighted by molar-refractivity contribution is 5.86. The second-order valence-electron chi connectivity index (χ2n) is 2.03. The molecule has 3 heteroatoms. The minimum Gasteiger partial charge on any atom is -0.411 e. The first-order valence-corrected chi connectivity index (χ1v) is 3.03. The van der Waals surface area contributed by atoms with Crippen LogP contribution in [-0.2, 0) is 0 Å². The van der Waals surface area contributed by atoms with Crippen molar-refractivity contribution in [2.75, 3.05) is 6.67 Å². The summed E-state index contributed by atoms with van der Waals surface area (Å²) in [6.07, 6.45) is 0.809. The van der Waals surface area contributed by atoms with Gasteiger partial charge in [0.05, 0.1) is 5.71 Å². The highest BCUT2D eigenvalue weighted by Gasteiger charge is 2.07. The zero-order chi connectivity index (χ0) is 7.28. The number of hydrogen-bond donors (Lipinski definition) is 1. The number of alkyl halides is 1. The van der Waals surface area contributed by atoms with Gasteiger partial charge in [-0.15, -0.1) is 0 Å². The fourth-order valence-electron chi connectivity index (χ4n) is 0.493. The Morgan fingerprint density at radius 3 is 2.44 bits per heavy atom. The van der Waals surface area contributed by atoms with Gasteiger partial charge < -0.3 is 5.21 Å². The predicted molar refractivity (Wildman–Crippen MR) is 34.7 cm³/mol. The van der Waals surface area contributed by atoms with Gasteiger partial charge in [-0.2, -0.15) is 0 Å². The Hall–Kier alpha value is -0.600. The van der Waals surface area contributed by atoms with Gasteiger partial charge in [-0.05, 0) is 6.42 Å². The fraction of sp³-hybridized carbons (Fsp3) is 0.833. The lowest BCUT2D eigenvalue weighted by atomic mass is 10.0. The van der Waals surface area contributed by atoms with E-state index >= 15 is 0 Å². The van der Waals surface area contributed by atoms with Crippen molar-refractivity contribution in [1.82, 2.24) is 0 Å². The van der Waals surface area contributed by atoms with E-state index in [0.29, 0.717) is 0 Å². The molecule has 1 atom stereocenters. The standard InChI is InChI=1S/C6H12FNO/c1-3-5(2)6(4-7)8-9/h5,9H,3-4H2,1-2H3. The Balaban J connectivity index is 3.80. The van der Waals surface area contributed by atoms with E-state index in [-0.39, 0.29) is 11.6 Å². The third-order valence-electron chi connectivity index (χ3n) is 1.45. The maximum absolute atomic E-state index is 11.8. The summed E-state index contributed by atoms with van der Waals surface area (Å²) in [7, 11) is 0. The molecule has 0 spiro atoms. The van der Waals surface area contributed by atoms with Crippen molar-refractivity contribution in [1.29, 1.82) is 0 Å². The molecule has 0 saturated carbocycles. The summed E-state index contributed by atoms with van der Waals surface area (Å²) < 4.78 is 11.8. The van der Waals surface area contributed by atoms with E-state index < -0.39 is 6.67 Å². The van der Waals surface area contributed by atoms with Crippen LogP contribution in [0.1, 0.15) is 20.3 Å². The second-order valence-corrected chi connectivity index (χ2v) is 2.03. The van der Waals surface area contributed by atoms with Crippen LogP contribution < -0.4 is 0 Å². The zero-order valence-electron chi connectivity index (χ0n) is 5.76. The first-order chi connectivity index (χ1) is 4.26. The summed E-state index contributed by atoms with van der Waals surface area (Å²) in [5, 5.41) is 11.0. The Morgan fingerprint density at radius 2 is 2.33 bits per heavy atom. The van der Waals surface area contributed by atoms with E-state index in [1.165, 1.54) is 0 Å². The number of nitrogens with zero attached hydrogens (tertiary/aromatic N) is 1. The van der Waals surface area contributed by atoms with Crippen LogP contribution in [-0.4, -0.2) is 17.6 Å². The summed E-state index contributed by atoms with van der Waals surface area (Å²) in [6, 6.07) is 0. The molecule has 1 N–H and O–H groups in total. The van der Waals surface area contributed by atoms with E-state index in [1.807, 2.05) is 13.8 Å². The molecule has 0 aromatic rings. The average Bonchev–Trinajstić information content (AvgIpc) is 1.90. The molecule has 0 aliphatic carbocycles. The Bertz CT molecular complexity index is 103. The molecule has 2 nitrogen and oxygen atoms in total. The third kappa shape index (κ3) is 2.44. The van der Waals surface area contributed by atoms with Crippen LogP contribution in [0.15, 0.2) is 5.16 Å². The largest absolute Gasteiger partial charge is 0.411 e. The lowest BCUT2D eigenvalue weighted by Crippen LogP contribution is -2.11. The van der Waals surface area contributed by atoms with Crippen LogP contribution in [0.3, 0.4) is 0 Å². The summed E-state index contributed by atoms with van der Waals surface area (Å²) in [6.45, 7) is 3.10. The van der Waals surface area contributed by atoms with Gasteiger partial charge in [0.25, 0.3) is 0 Å². The highest BCUT2D eigenvalue weighted by Crippen LogP contribution is 2.03. The van der Waals surface area contributed by atoms with Crippen molar-refractivity contribution in [2.24, 2.45) is 11.1 Å². The van der Waals surface area contributed by atoms with Crippen LogP contribution >= 0.6 is 0 Å². The topological polar surface area (TPSA) is 32.6 Å². The fourth-order valence-corrected chi connectivity index (χ4v) is 0.493. The van der Waals surface area contributed by atoms with Crippen molar-refractivity contribution >= 4 is 5.71 Å². The molecule has 0 fully saturated rings. The van der Waals surface area contributed by atoms with Gasteiger partial charge in [0.1, 0.15) is 6.67 Å². The number of halogens is 1. The molecular weight excluding hydrogens is 121 g/mol. The maximum atomic E-state index is 11.8. The molecule has 0 aliphatic rings. The van der Waals surface area contributed by atoms with Crippen LogP contribution in [0, 0.1) is 5.92 Å². The molecule has 0 amide bonds. The van der Waals surface area contributed by atoms with Crippen molar-refractivity contribution in [2.45, 2.75) is 20.3 Å². The van der Waals surface area contributed by atoms with Gasteiger partial charge in [-0.3, -0.25) is 0 Å². The van der Waals surface area contributed by atoms with Gasteiger partial charge in [-0.1, -0.05) is 19.0 Å². The first kappa shape index (κ1) is 8.40. The first-order valence-electron chi connectivity index (χ1n) is 3.03. The van der Waals surface area contributed by atoms with Gasteiger partial charge in [0, 0.05) is 5.92 Å². The maximum Gasteiger partial charge on any atom is 0.131 e. The zero-order valence-corrected chi connectivity index (χ0v) is 5.76. The molecule has 0 saturated heterocycles. The summed E-state index contributed by atoms with van der Waals surface area (Å²) >= 11 is 0. The summed E-state index contributed by atoms with van der Waals surface area (Å²) in [5.74, 6) is 0.0556. The lowest BCUT2D eigenvalue weighted by molar-refractivity contribution is 0.311. The molecule has 54 valence electrons. The SMILES string of the molecule is CCC(C)C(CF)=NO. The monoisotopic (exact) mass is 133 g/mol. The smallest absolute Gasteiger partial charge is 0.131 e. The second kappa shape index (κ2) is 4.30. The van der Waals surface area contributed by atoms with E-state index in [1.54, 1.807) is 0 Å². The molecule has 0 heterocycles. The minimum atomic E-state index is -0.647. The molecule has 0 bridgehead atoms. The molecule has 0 rings (SSSR count). The van der Waals surface area contributed by atoms with E-state index in [9.17, 15) is 4.39 Å². The van der Waals surface area contributed by atoms with E-state index in [4.69, 9.17) is 5.21 Å². The molecule has 0 radical (unpaired) electrons. The van der Waals surface area contributed by atoms with E-state index in [0.717, 1.165) is 6.42 Å². The van der Waals surface area contributed by atoms with Gasteiger partial charge in [0.2, 0.25) is 0 Å². The number of rotatable bonds is 3. The third-order valence-corrected chi connectivity index (χ3v) is 1.45. The summed E-state index contributed by atoms with van der Waals surface area (Å²) in [5.41, 5.74) is 0.234. The molecule has 0 aromatic heterocycles. The number of oxime groups is 1. The predicted octanol–water partition coefficient (Wildman–Crippen LogP) is 1.83. The molecule has 9 heavy (non-hydrogen) atoms. The quantitative estimate of drug-likeness (QED) is 0.355. The lowest BCUT2D eigenvalue weighted by Gasteiger charge is -2.04. The van der Waals surface area contributed by atoms with Crippen LogP contribution in [0.25, 0.3) is 0 Å². The van der Waals surface area contributed by atoms with Crippen molar-refractivity contribution in [3.05, 3.63) is 0 Å². The van der Waals surface area contributed by atoms with Gasteiger partial charge in [-0.25, -0.2) is 4.39 Å². The van der Waals surface area contributed by atoms with Gasteiger partial charge >= 0.3 is 0 Å². The Labute approximate surface area is 54.4 Å². The van der Waals surface area contributed by atoms with Crippen molar-refractivity contribution in [3.63, 3.8) is 0 Å². The van der Waals surface area contributed by atoms with Crippen LogP contribution in [0.2, 0.25) is 0 Å². The highest BCUT2D eigenvalue weighted by atomic mass is 19.1. The van der Waals surface area contributed by atoms with Crippen molar-refractivity contribution in [3.8, 4) is 0 Å². The normalized spacial score (nSPS) is 15.7. The van der Waals surface area contributed by atoms with Gasteiger partial charge in [0.15, 0.2) is 0 Å². The molecular formula is C6H12FNO. The molecule has 0 aromatic carbocycles. The van der Waals surface area contributed by atoms with Crippen LogP contribution in [0.4, 0.5) is 4.39 Å². The minimum absolute atomic E-state index is 0.0556. The van der Waals surface area contributed by atoms with Crippen LogP contribution in [0.5, 0.6) is 0 Å². The van der Waals surface area contributed by atoms with Crippen molar-refractivity contribution < 1.29 is 9.60 Å². The molecule has 0 aliphatic heterocycles.